The highest BCUT2D eigenvalue weighted by Gasteiger charge is 2.15. The molecule has 0 aliphatic heterocycles. The van der Waals surface area contributed by atoms with Crippen molar-refractivity contribution in [1.29, 1.82) is 0 Å². The quantitative estimate of drug-likeness (QED) is 0.481. The maximum atomic E-state index is 10.9. The van der Waals surface area contributed by atoms with Gasteiger partial charge in [0.25, 0.3) is 5.69 Å². The summed E-state index contributed by atoms with van der Waals surface area (Å²) in [7, 11) is 1.87. The van der Waals surface area contributed by atoms with Gasteiger partial charge in [0.2, 0.25) is 0 Å². The normalized spacial score (nSPS) is 10.3. The van der Waals surface area contributed by atoms with E-state index >= 15 is 0 Å². The second-order valence-corrected chi connectivity index (χ2v) is 5.27. The Labute approximate surface area is 119 Å². The molecule has 2 rings (SSSR count). The summed E-state index contributed by atoms with van der Waals surface area (Å²) in [6.07, 6.45) is 0.507. The molecule has 0 bridgehead atoms. The van der Waals surface area contributed by atoms with Crippen molar-refractivity contribution >= 4 is 29.0 Å². The van der Waals surface area contributed by atoms with Crippen LogP contribution < -0.4 is 4.90 Å². The fourth-order valence-electron chi connectivity index (χ4n) is 1.82. The second kappa shape index (κ2) is 5.79. The van der Waals surface area contributed by atoms with E-state index in [2.05, 4.69) is 4.98 Å². The largest absolute Gasteiger partial charge is 0.369 e. The van der Waals surface area contributed by atoms with Crippen molar-refractivity contribution in [3.05, 3.63) is 50.0 Å². The molecule has 0 N–H and O–H groups in total. The summed E-state index contributed by atoms with van der Waals surface area (Å²) in [6, 6.07) is 4.53. The molecule has 6 nitrogen and oxygen atoms in total. The molecular weight excluding hydrogens is 278 g/mol. The molecule has 0 saturated carbocycles. The van der Waals surface area contributed by atoms with Crippen LogP contribution in [0.1, 0.15) is 20.9 Å². The molecule has 0 saturated heterocycles. The smallest absolute Gasteiger partial charge is 0.280 e. The second-order valence-electron chi connectivity index (χ2n) is 4.34. The van der Waals surface area contributed by atoms with Gasteiger partial charge in [-0.25, -0.2) is 4.98 Å². The van der Waals surface area contributed by atoms with Gasteiger partial charge < -0.3 is 4.90 Å². The number of carbonyl (C=O) groups is 1. The van der Waals surface area contributed by atoms with Gasteiger partial charge in [0.1, 0.15) is 0 Å². The zero-order valence-corrected chi connectivity index (χ0v) is 11.9. The van der Waals surface area contributed by atoms with Gasteiger partial charge >= 0.3 is 0 Å². The minimum absolute atomic E-state index is 0.0837. The number of nitrogens with zero attached hydrogens (tertiary/aromatic N) is 3. The molecule has 0 spiro atoms. The Morgan fingerprint density at radius 1 is 1.50 bits per heavy atom. The zero-order valence-electron chi connectivity index (χ0n) is 11.1. The van der Waals surface area contributed by atoms with E-state index in [9.17, 15) is 14.9 Å². The maximum Gasteiger partial charge on any atom is 0.280 e. The van der Waals surface area contributed by atoms with Crippen LogP contribution in [0.25, 0.3) is 0 Å². The van der Waals surface area contributed by atoms with Crippen molar-refractivity contribution in [3.63, 3.8) is 0 Å². The number of rotatable bonds is 5. The average molecular weight is 291 g/mol. The first-order valence-electron chi connectivity index (χ1n) is 5.86. The summed E-state index contributed by atoms with van der Waals surface area (Å²) >= 11 is 1.56. The van der Waals surface area contributed by atoms with Gasteiger partial charge in [-0.05, 0) is 19.1 Å². The Kier molecular flexibility index (Phi) is 4.09. The highest BCUT2D eigenvalue weighted by Crippen LogP contribution is 2.25. The predicted octanol–water partition coefficient (Wildman–Crippen LogP) is 2.81. The minimum Gasteiger partial charge on any atom is -0.369 e. The maximum absolute atomic E-state index is 10.9. The molecule has 20 heavy (non-hydrogen) atoms. The van der Waals surface area contributed by atoms with Gasteiger partial charge in [-0.2, -0.15) is 0 Å². The third-order valence-corrected chi connectivity index (χ3v) is 3.92. The molecule has 1 aromatic heterocycles. The van der Waals surface area contributed by atoms with Crippen LogP contribution in [0.3, 0.4) is 0 Å². The lowest BCUT2D eigenvalue weighted by atomic mass is 10.1. The number of aldehydes is 1. The van der Waals surface area contributed by atoms with E-state index in [0.29, 0.717) is 12.8 Å². The summed E-state index contributed by atoms with van der Waals surface area (Å²) in [5.41, 5.74) is 3.42. The van der Waals surface area contributed by atoms with Gasteiger partial charge in [0.15, 0.2) is 6.29 Å². The van der Waals surface area contributed by atoms with Gasteiger partial charge in [-0.3, -0.25) is 14.9 Å². The molecule has 0 aliphatic rings. The molecule has 0 unspecified atom stereocenters. The van der Waals surface area contributed by atoms with Crippen molar-refractivity contribution < 1.29 is 9.72 Å². The number of nitro groups is 1. The molecule has 0 amide bonds. The van der Waals surface area contributed by atoms with Gasteiger partial charge in [-0.1, -0.05) is 0 Å². The molecule has 1 heterocycles. The van der Waals surface area contributed by atoms with Crippen LogP contribution in [0.2, 0.25) is 0 Å². The summed E-state index contributed by atoms with van der Waals surface area (Å²) in [5.74, 6) is 0. The van der Waals surface area contributed by atoms with Crippen LogP contribution in [-0.4, -0.2) is 23.2 Å². The van der Waals surface area contributed by atoms with Crippen molar-refractivity contribution in [2.75, 3.05) is 11.9 Å². The van der Waals surface area contributed by atoms with E-state index in [-0.39, 0.29) is 11.3 Å². The minimum atomic E-state index is -0.555. The van der Waals surface area contributed by atoms with Crippen molar-refractivity contribution in [2.45, 2.75) is 13.5 Å². The van der Waals surface area contributed by atoms with Crippen molar-refractivity contribution in [2.24, 2.45) is 0 Å². The van der Waals surface area contributed by atoms with Gasteiger partial charge in [0, 0.05) is 23.7 Å². The van der Waals surface area contributed by atoms with E-state index in [0.717, 1.165) is 16.3 Å². The Morgan fingerprint density at radius 2 is 2.25 bits per heavy atom. The lowest BCUT2D eigenvalue weighted by molar-refractivity contribution is -0.385. The fraction of sp³-hybridized carbons (Fsp3) is 0.231. The first-order chi connectivity index (χ1) is 9.52. The molecule has 1 aromatic carbocycles. The van der Waals surface area contributed by atoms with Crippen LogP contribution in [0.4, 0.5) is 11.4 Å². The topological polar surface area (TPSA) is 76.3 Å². The number of hydrogen-bond acceptors (Lipinski definition) is 6. The lowest BCUT2D eigenvalue weighted by Gasteiger charge is -2.19. The Morgan fingerprint density at radius 3 is 2.80 bits per heavy atom. The third-order valence-electron chi connectivity index (χ3n) is 3.00. The summed E-state index contributed by atoms with van der Waals surface area (Å²) in [6.45, 7) is 2.58. The number of nitro benzene ring substituents is 1. The van der Waals surface area contributed by atoms with E-state index < -0.39 is 4.92 Å². The van der Waals surface area contributed by atoms with Crippen molar-refractivity contribution in [1.82, 2.24) is 4.98 Å². The molecule has 7 heteroatoms. The molecule has 0 fully saturated rings. The number of carbonyl (C=O) groups excluding carboxylic acids is 1. The number of hydrogen-bond donors (Lipinski definition) is 0. The number of aryl methyl sites for hydroxylation is 1. The summed E-state index contributed by atoms with van der Waals surface area (Å²) < 4.78 is 0. The molecule has 2 aromatic rings. The Balaban J connectivity index is 2.26. The van der Waals surface area contributed by atoms with Crippen LogP contribution in [0.15, 0.2) is 23.7 Å². The first-order valence-corrected chi connectivity index (χ1v) is 6.74. The lowest BCUT2D eigenvalue weighted by Crippen LogP contribution is -2.16. The van der Waals surface area contributed by atoms with Crippen LogP contribution >= 0.6 is 11.3 Å². The molecular formula is C13H13N3O3S. The van der Waals surface area contributed by atoms with Crippen LogP contribution in [0.5, 0.6) is 0 Å². The average Bonchev–Trinajstić information content (AvgIpc) is 2.83. The highest BCUT2D eigenvalue weighted by molar-refractivity contribution is 7.09. The SMILES string of the molecule is Cc1ncsc1CN(C)c1ccc([N+](=O)[O-])c(C=O)c1. The highest BCUT2D eigenvalue weighted by atomic mass is 32.1. The van der Waals surface area contributed by atoms with Gasteiger partial charge in [0.05, 0.1) is 28.2 Å². The first kappa shape index (κ1) is 14.1. The van der Waals surface area contributed by atoms with E-state index in [1.54, 1.807) is 22.9 Å². The summed E-state index contributed by atoms with van der Waals surface area (Å²) in [5, 5.41) is 10.8. The van der Waals surface area contributed by atoms with Gasteiger partial charge in [-0.15, -0.1) is 11.3 Å². The Bertz CT molecular complexity index is 654. The standard InChI is InChI=1S/C13H13N3O3S/c1-9-13(20-8-14-9)6-15(2)11-3-4-12(16(18)19)10(5-11)7-17/h3-5,7-8H,6H2,1-2H3. The van der Waals surface area contributed by atoms with E-state index in [1.807, 2.05) is 18.9 Å². The van der Waals surface area contributed by atoms with Crippen molar-refractivity contribution in [3.8, 4) is 0 Å². The molecule has 0 radical (unpaired) electrons. The number of anilines is 1. The van der Waals surface area contributed by atoms with Crippen LogP contribution in [0, 0.1) is 17.0 Å². The number of thiazole rings is 1. The van der Waals surface area contributed by atoms with E-state index in [4.69, 9.17) is 0 Å². The zero-order chi connectivity index (χ0) is 14.7. The molecule has 104 valence electrons. The predicted molar refractivity (Wildman–Crippen MR) is 77.4 cm³/mol. The molecule has 0 atom stereocenters. The van der Waals surface area contributed by atoms with E-state index in [1.165, 1.54) is 12.1 Å². The summed E-state index contributed by atoms with van der Waals surface area (Å²) in [4.78, 5) is 28.4. The third kappa shape index (κ3) is 2.83. The monoisotopic (exact) mass is 291 g/mol. The molecule has 0 aliphatic carbocycles. The Hall–Kier alpha value is -2.28. The number of aromatic nitrogens is 1. The fourth-order valence-corrected chi connectivity index (χ4v) is 2.65. The number of benzene rings is 1. The van der Waals surface area contributed by atoms with Crippen LogP contribution in [-0.2, 0) is 6.54 Å².